The molecule has 0 aliphatic heterocycles. The highest BCUT2D eigenvalue weighted by molar-refractivity contribution is 8.00. The quantitative estimate of drug-likeness (QED) is 0.714. The third kappa shape index (κ3) is 2.15. The number of nitrogens with two attached hydrogens (primary N) is 1. The molecular weight excluding hydrogens is 170 g/mol. The molecule has 0 heterocycles. The monoisotopic (exact) mass is 189 g/mol. The molecule has 0 radical (unpaired) electrons. The molecule has 1 unspecified atom stereocenters. The number of ether oxygens (including phenoxy) is 1. The average molecular weight is 189 g/mol. The lowest BCUT2D eigenvalue weighted by atomic mass is 10.2. The molecule has 2 nitrogen and oxygen atoms in total. The van der Waals surface area contributed by atoms with Crippen molar-refractivity contribution in [1.29, 1.82) is 0 Å². The van der Waals surface area contributed by atoms with Crippen LogP contribution in [0.1, 0.15) is 26.7 Å². The zero-order valence-electron chi connectivity index (χ0n) is 8.17. The molecule has 1 aliphatic carbocycles. The van der Waals surface area contributed by atoms with E-state index in [1.807, 2.05) is 11.8 Å². The Balaban J connectivity index is 2.44. The molecule has 0 saturated heterocycles. The van der Waals surface area contributed by atoms with Gasteiger partial charge in [-0.2, -0.15) is 11.8 Å². The minimum atomic E-state index is 0.257. The van der Waals surface area contributed by atoms with Gasteiger partial charge in [-0.3, -0.25) is 0 Å². The van der Waals surface area contributed by atoms with Gasteiger partial charge in [-0.25, -0.2) is 0 Å². The predicted molar refractivity (Wildman–Crippen MR) is 54.5 cm³/mol. The van der Waals surface area contributed by atoms with Crippen LogP contribution in [0.5, 0.6) is 0 Å². The van der Waals surface area contributed by atoms with Crippen LogP contribution >= 0.6 is 11.8 Å². The largest absolute Gasteiger partial charge is 0.373 e. The van der Waals surface area contributed by atoms with Crippen molar-refractivity contribution in [3.63, 3.8) is 0 Å². The van der Waals surface area contributed by atoms with Gasteiger partial charge < -0.3 is 10.5 Å². The van der Waals surface area contributed by atoms with Gasteiger partial charge in [0.25, 0.3) is 0 Å². The Labute approximate surface area is 79.2 Å². The lowest BCUT2D eigenvalue weighted by Gasteiger charge is -2.26. The summed E-state index contributed by atoms with van der Waals surface area (Å²) in [6.07, 6.45) is 5.24. The standard InChI is InChI=1S/C9H19NOS/c1-7(2)11-8(6-10)9(12-3)4-5-9/h7-8H,4-6,10H2,1-3H3. The van der Waals surface area contributed by atoms with Gasteiger partial charge >= 0.3 is 0 Å². The summed E-state index contributed by atoms with van der Waals surface area (Å²) in [5.74, 6) is 0. The van der Waals surface area contributed by atoms with Crippen molar-refractivity contribution >= 4 is 11.8 Å². The summed E-state index contributed by atoms with van der Waals surface area (Å²) >= 11 is 1.91. The first kappa shape index (κ1) is 10.4. The predicted octanol–water partition coefficient (Wildman–Crippen LogP) is 1.63. The summed E-state index contributed by atoms with van der Waals surface area (Å²) in [5.41, 5.74) is 5.68. The summed E-state index contributed by atoms with van der Waals surface area (Å²) in [6.45, 7) is 4.79. The van der Waals surface area contributed by atoms with Crippen LogP contribution in [0.25, 0.3) is 0 Å². The molecular formula is C9H19NOS. The maximum Gasteiger partial charge on any atom is 0.0846 e. The van der Waals surface area contributed by atoms with E-state index in [1.165, 1.54) is 12.8 Å². The van der Waals surface area contributed by atoms with E-state index in [0.29, 0.717) is 17.4 Å². The molecule has 0 bridgehead atoms. The molecule has 0 amide bonds. The fraction of sp³-hybridized carbons (Fsp3) is 1.00. The third-order valence-corrected chi connectivity index (χ3v) is 3.87. The lowest BCUT2D eigenvalue weighted by molar-refractivity contribution is 0.00809. The van der Waals surface area contributed by atoms with E-state index >= 15 is 0 Å². The van der Waals surface area contributed by atoms with Gasteiger partial charge in [-0.1, -0.05) is 0 Å². The molecule has 3 heteroatoms. The van der Waals surface area contributed by atoms with Crippen molar-refractivity contribution < 1.29 is 4.74 Å². The van der Waals surface area contributed by atoms with Crippen LogP contribution in [-0.2, 0) is 4.74 Å². The summed E-state index contributed by atoms with van der Waals surface area (Å²) in [7, 11) is 0. The molecule has 1 fully saturated rings. The topological polar surface area (TPSA) is 35.2 Å². The van der Waals surface area contributed by atoms with Crippen molar-refractivity contribution in [3.8, 4) is 0 Å². The first-order valence-electron chi connectivity index (χ1n) is 4.55. The molecule has 2 N–H and O–H groups in total. The van der Waals surface area contributed by atoms with E-state index < -0.39 is 0 Å². The molecule has 12 heavy (non-hydrogen) atoms. The van der Waals surface area contributed by atoms with Gasteiger partial charge in [0.15, 0.2) is 0 Å². The van der Waals surface area contributed by atoms with Crippen LogP contribution in [0.4, 0.5) is 0 Å². The van der Waals surface area contributed by atoms with Crippen molar-refractivity contribution in [3.05, 3.63) is 0 Å². The minimum Gasteiger partial charge on any atom is -0.373 e. The van der Waals surface area contributed by atoms with Crippen LogP contribution in [0.15, 0.2) is 0 Å². The van der Waals surface area contributed by atoms with E-state index in [4.69, 9.17) is 10.5 Å². The SMILES string of the molecule is CSC1(C(CN)OC(C)C)CC1. The summed E-state index contributed by atoms with van der Waals surface area (Å²) in [5, 5.41) is 0. The molecule has 0 aromatic heterocycles. The second-order valence-electron chi connectivity index (χ2n) is 3.68. The van der Waals surface area contributed by atoms with Gasteiger partial charge in [0.05, 0.1) is 12.2 Å². The number of thioether (sulfide) groups is 1. The Kier molecular flexibility index (Phi) is 3.44. The summed E-state index contributed by atoms with van der Waals surface area (Å²) in [6, 6.07) is 0. The highest BCUT2D eigenvalue weighted by Crippen LogP contribution is 2.50. The number of rotatable bonds is 5. The van der Waals surface area contributed by atoms with Gasteiger partial charge in [0.2, 0.25) is 0 Å². The van der Waals surface area contributed by atoms with E-state index in [9.17, 15) is 0 Å². The van der Waals surface area contributed by atoms with Crippen molar-refractivity contribution in [1.82, 2.24) is 0 Å². The smallest absolute Gasteiger partial charge is 0.0846 e. The number of hydrogen-bond acceptors (Lipinski definition) is 3. The molecule has 1 rings (SSSR count). The maximum atomic E-state index is 5.77. The third-order valence-electron chi connectivity index (χ3n) is 2.39. The molecule has 1 atom stereocenters. The van der Waals surface area contributed by atoms with Gasteiger partial charge in [-0.05, 0) is 32.9 Å². The van der Waals surface area contributed by atoms with Crippen LogP contribution in [-0.4, -0.2) is 29.8 Å². The lowest BCUT2D eigenvalue weighted by Crippen LogP contribution is -2.37. The van der Waals surface area contributed by atoms with E-state index in [0.717, 1.165) is 0 Å². The van der Waals surface area contributed by atoms with Crippen molar-refractivity contribution in [2.75, 3.05) is 12.8 Å². The Morgan fingerprint density at radius 3 is 2.33 bits per heavy atom. The van der Waals surface area contributed by atoms with Crippen LogP contribution in [0.2, 0.25) is 0 Å². The van der Waals surface area contributed by atoms with E-state index in [-0.39, 0.29) is 6.10 Å². The Morgan fingerprint density at radius 2 is 2.08 bits per heavy atom. The first-order valence-corrected chi connectivity index (χ1v) is 5.78. The molecule has 0 aromatic rings. The Morgan fingerprint density at radius 1 is 1.50 bits per heavy atom. The molecule has 72 valence electrons. The molecule has 0 aromatic carbocycles. The average Bonchev–Trinajstić information content (AvgIpc) is 2.80. The fourth-order valence-electron chi connectivity index (χ4n) is 1.50. The van der Waals surface area contributed by atoms with E-state index in [2.05, 4.69) is 20.1 Å². The zero-order chi connectivity index (χ0) is 9.19. The zero-order valence-corrected chi connectivity index (χ0v) is 8.99. The van der Waals surface area contributed by atoms with Crippen molar-refractivity contribution in [2.45, 2.75) is 43.6 Å². The Hall–Kier alpha value is 0.270. The second-order valence-corrected chi connectivity index (χ2v) is 4.90. The summed E-state index contributed by atoms with van der Waals surface area (Å²) < 4.78 is 6.13. The van der Waals surface area contributed by atoms with Crippen LogP contribution < -0.4 is 5.73 Å². The summed E-state index contributed by atoms with van der Waals surface area (Å²) in [4.78, 5) is 0. The highest BCUT2D eigenvalue weighted by atomic mass is 32.2. The molecule has 1 aliphatic rings. The van der Waals surface area contributed by atoms with Crippen LogP contribution in [0.3, 0.4) is 0 Å². The van der Waals surface area contributed by atoms with Gasteiger partial charge in [-0.15, -0.1) is 0 Å². The van der Waals surface area contributed by atoms with Crippen LogP contribution in [0, 0.1) is 0 Å². The molecule has 1 saturated carbocycles. The Bertz CT molecular complexity index is 145. The fourth-order valence-corrected chi connectivity index (χ4v) is 2.43. The minimum absolute atomic E-state index is 0.257. The second kappa shape index (κ2) is 3.99. The normalized spacial score (nSPS) is 22.8. The van der Waals surface area contributed by atoms with Gasteiger partial charge in [0.1, 0.15) is 0 Å². The van der Waals surface area contributed by atoms with Gasteiger partial charge in [0, 0.05) is 11.3 Å². The van der Waals surface area contributed by atoms with E-state index in [1.54, 1.807) is 0 Å². The molecule has 0 spiro atoms. The van der Waals surface area contributed by atoms with Crippen molar-refractivity contribution in [2.24, 2.45) is 5.73 Å². The number of hydrogen-bond donors (Lipinski definition) is 1. The highest BCUT2D eigenvalue weighted by Gasteiger charge is 2.49. The maximum absolute atomic E-state index is 5.77. The first-order chi connectivity index (χ1) is 5.64.